The number of carboxylic acids is 1. The van der Waals surface area contributed by atoms with Crippen molar-refractivity contribution in [3.05, 3.63) is 34.3 Å². The van der Waals surface area contributed by atoms with Crippen LogP contribution in [0.25, 0.3) is 0 Å². The third-order valence-corrected chi connectivity index (χ3v) is 3.07. The summed E-state index contributed by atoms with van der Waals surface area (Å²) in [5.74, 6) is -0.936. The third-order valence-electron chi connectivity index (χ3n) is 2.34. The standard InChI is InChI=1S/C12H15BrN2O3/c1-8(9-4-2-3-5-10(9)13)15-12(18)14-7-6-11(16)17/h2-5,8H,6-7H2,1H3,(H,16,17)(H2,14,15,18). The van der Waals surface area contributed by atoms with Gasteiger partial charge >= 0.3 is 12.0 Å². The van der Waals surface area contributed by atoms with Crippen LogP contribution in [0.4, 0.5) is 4.79 Å². The minimum absolute atomic E-state index is 0.0865. The highest BCUT2D eigenvalue weighted by molar-refractivity contribution is 9.10. The Morgan fingerprint density at radius 1 is 1.39 bits per heavy atom. The quantitative estimate of drug-likeness (QED) is 0.780. The number of urea groups is 1. The molecule has 98 valence electrons. The summed E-state index contributed by atoms with van der Waals surface area (Å²) < 4.78 is 0.920. The lowest BCUT2D eigenvalue weighted by atomic mass is 10.1. The molecule has 1 aromatic rings. The number of carbonyl (C=O) groups excluding carboxylic acids is 1. The van der Waals surface area contributed by atoms with Crippen molar-refractivity contribution in [2.45, 2.75) is 19.4 Å². The highest BCUT2D eigenvalue weighted by atomic mass is 79.9. The Labute approximate surface area is 114 Å². The summed E-state index contributed by atoms with van der Waals surface area (Å²) in [5, 5.41) is 13.7. The van der Waals surface area contributed by atoms with Crippen LogP contribution in [-0.4, -0.2) is 23.7 Å². The summed E-state index contributed by atoms with van der Waals surface area (Å²) in [7, 11) is 0. The Morgan fingerprint density at radius 3 is 2.67 bits per heavy atom. The second-order valence-electron chi connectivity index (χ2n) is 3.79. The summed E-state index contributed by atoms with van der Waals surface area (Å²) in [6.07, 6.45) is -0.0865. The SMILES string of the molecule is CC(NC(=O)NCCC(=O)O)c1ccccc1Br. The Hall–Kier alpha value is -1.56. The number of halogens is 1. The zero-order chi connectivity index (χ0) is 13.5. The molecule has 5 nitrogen and oxygen atoms in total. The monoisotopic (exact) mass is 314 g/mol. The average molecular weight is 315 g/mol. The van der Waals surface area contributed by atoms with Gasteiger partial charge in [-0.3, -0.25) is 4.79 Å². The molecule has 1 unspecified atom stereocenters. The van der Waals surface area contributed by atoms with Crippen molar-refractivity contribution in [2.24, 2.45) is 0 Å². The van der Waals surface area contributed by atoms with Gasteiger partial charge in [-0.2, -0.15) is 0 Å². The number of aliphatic carboxylic acids is 1. The first-order valence-corrected chi connectivity index (χ1v) is 6.30. The topological polar surface area (TPSA) is 78.4 Å². The molecule has 0 aliphatic rings. The maximum atomic E-state index is 11.5. The average Bonchev–Trinajstić information content (AvgIpc) is 2.28. The van der Waals surface area contributed by atoms with Crippen molar-refractivity contribution in [3.63, 3.8) is 0 Å². The first-order chi connectivity index (χ1) is 8.50. The smallest absolute Gasteiger partial charge is 0.315 e. The Morgan fingerprint density at radius 2 is 2.06 bits per heavy atom. The van der Waals surface area contributed by atoms with Crippen LogP contribution in [0, 0.1) is 0 Å². The van der Waals surface area contributed by atoms with Gasteiger partial charge in [-0.25, -0.2) is 4.79 Å². The summed E-state index contributed by atoms with van der Waals surface area (Å²) in [6.45, 7) is 1.97. The molecule has 0 saturated carbocycles. The fraction of sp³-hybridized carbons (Fsp3) is 0.333. The molecule has 1 rings (SSSR count). The first kappa shape index (κ1) is 14.5. The van der Waals surface area contributed by atoms with Crippen LogP contribution in [-0.2, 0) is 4.79 Å². The molecule has 0 bridgehead atoms. The van der Waals surface area contributed by atoms with E-state index in [4.69, 9.17) is 5.11 Å². The highest BCUT2D eigenvalue weighted by Gasteiger charge is 2.11. The maximum absolute atomic E-state index is 11.5. The molecule has 0 saturated heterocycles. The van der Waals surface area contributed by atoms with Crippen LogP contribution in [0.2, 0.25) is 0 Å². The van der Waals surface area contributed by atoms with Crippen LogP contribution in [0.3, 0.4) is 0 Å². The number of hydrogen-bond acceptors (Lipinski definition) is 2. The van der Waals surface area contributed by atoms with Crippen molar-refractivity contribution in [2.75, 3.05) is 6.54 Å². The van der Waals surface area contributed by atoms with E-state index in [1.807, 2.05) is 31.2 Å². The lowest BCUT2D eigenvalue weighted by Crippen LogP contribution is -2.38. The third kappa shape index (κ3) is 4.75. The van der Waals surface area contributed by atoms with E-state index in [0.717, 1.165) is 10.0 Å². The van der Waals surface area contributed by atoms with Gasteiger partial charge in [0.15, 0.2) is 0 Å². The van der Waals surface area contributed by atoms with Gasteiger partial charge in [0.25, 0.3) is 0 Å². The number of carboxylic acid groups (broad SMARTS) is 1. The molecule has 0 radical (unpaired) electrons. The van der Waals surface area contributed by atoms with Gasteiger partial charge < -0.3 is 15.7 Å². The van der Waals surface area contributed by atoms with Gasteiger partial charge in [-0.05, 0) is 18.6 Å². The van der Waals surface area contributed by atoms with E-state index in [-0.39, 0.29) is 25.0 Å². The Bertz CT molecular complexity index is 437. The molecule has 18 heavy (non-hydrogen) atoms. The van der Waals surface area contributed by atoms with Gasteiger partial charge in [-0.15, -0.1) is 0 Å². The molecule has 0 aromatic heterocycles. The molecule has 0 aliphatic heterocycles. The fourth-order valence-corrected chi connectivity index (χ4v) is 2.06. The summed E-state index contributed by atoms with van der Waals surface area (Å²) in [4.78, 5) is 21.8. The molecule has 2 amide bonds. The zero-order valence-corrected chi connectivity index (χ0v) is 11.5. The van der Waals surface area contributed by atoms with Crippen molar-refractivity contribution in [3.8, 4) is 0 Å². The van der Waals surface area contributed by atoms with E-state index in [1.165, 1.54) is 0 Å². The van der Waals surface area contributed by atoms with Gasteiger partial charge in [-0.1, -0.05) is 34.1 Å². The van der Waals surface area contributed by atoms with Crippen LogP contribution in [0.15, 0.2) is 28.7 Å². The van der Waals surface area contributed by atoms with Gasteiger partial charge in [0, 0.05) is 11.0 Å². The predicted octanol–water partition coefficient (Wildman–Crippen LogP) is 2.28. The van der Waals surface area contributed by atoms with Gasteiger partial charge in [0.1, 0.15) is 0 Å². The number of benzene rings is 1. The molecule has 0 aliphatic carbocycles. The maximum Gasteiger partial charge on any atom is 0.315 e. The number of rotatable bonds is 5. The Kier molecular flexibility index (Phi) is 5.64. The van der Waals surface area contributed by atoms with Crippen molar-refractivity contribution < 1.29 is 14.7 Å². The normalized spacial score (nSPS) is 11.7. The zero-order valence-electron chi connectivity index (χ0n) is 9.94. The molecular weight excluding hydrogens is 300 g/mol. The van der Waals surface area contributed by atoms with E-state index >= 15 is 0 Å². The van der Waals surface area contributed by atoms with E-state index < -0.39 is 5.97 Å². The van der Waals surface area contributed by atoms with Crippen molar-refractivity contribution >= 4 is 27.9 Å². The molecular formula is C12H15BrN2O3. The molecule has 1 atom stereocenters. The molecule has 3 N–H and O–H groups in total. The van der Waals surface area contributed by atoms with E-state index in [9.17, 15) is 9.59 Å². The number of amides is 2. The van der Waals surface area contributed by atoms with Crippen LogP contribution < -0.4 is 10.6 Å². The predicted molar refractivity (Wildman–Crippen MR) is 71.3 cm³/mol. The van der Waals surface area contributed by atoms with Crippen molar-refractivity contribution in [1.82, 2.24) is 10.6 Å². The van der Waals surface area contributed by atoms with E-state index in [2.05, 4.69) is 26.6 Å². The summed E-state index contributed by atoms with van der Waals surface area (Å²) in [6, 6.07) is 7.06. The molecule has 1 aromatic carbocycles. The van der Waals surface area contributed by atoms with Gasteiger partial charge in [0.05, 0.1) is 12.5 Å². The Balaban J connectivity index is 2.45. The number of hydrogen-bond donors (Lipinski definition) is 3. The number of nitrogens with one attached hydrogen (secondary N) is 2. The summed E-state index contributed by atoms with van der Waals surface area (Å²) >= 11 is 3.41. The molecule has 0 heterocycles. The lowest BCUT2D eigenvalue weighted by molar-refractivity contribution is -0.136. The van der Waals surface area contributed by atoms with E-state index in [0.29, 0.717) is 0 Å². The van der Waals surface area contributed by atoms with Crippen LogP contribution in [0.5, 0.6) is 0 Å². The molecule has 0 spiro atoms. The lowest BCUT2D eigenvalue weighted by Gasteiger charge is -2.16. The fourth-order valence-electron chi connectivity index (χ4n) is 1.43. The van der Waals surface area contributed by atoms with Crippen molar-refractivity contribution in [1.29, 1.82) is 0 Å². The largest absolute Gasteiger partial charge is 0.481 e. The van der Waals surface area contributed by atoms with E-state index in [1.54, 1.807) is 0 Å². The first-order valence-electron chi connectivity index (χ1n) is 5.51. The molecule has 0 fully saturated rings. The molecule has 6 heteroatoms. The summed E-state index contributed by atoms with van der Waals surface area (Å²) in [5.41, 5.74) is 0.964. The highest BCUT2D eigenvalue weighted by Crippen LogP contribution is 2.22. The van der Waals surface area contributed by atoms with Gasteiger partial charge in [0.2, 0.25) is 0 Å². The van der Waals surface area contributed by atoms with Crippen LogP contribution >= 0.6 is 15.9 Å². The second-order valence-corrected chi connectivity index (χ2v) is 4.64. The van der Waals surface area contributed by atoms with Crippen LogP contribution in [0.1, 0.15) is 24.9 Å². The second kappa shape index (κ2) is 7.00. The number of carbonyl (C=O) groups is 2. The minimum Gasteiger partial charge on any atom is -0.481 e. The minimum atomic E-state index is -0.936.